The van der Waals surface area contributed by atoms with Gasteiger partial charge in [0.05, 0.1) is 5.41 Å². The van der Waals surface area contributed by atoms with Crippen LogP contribution < -0.4 is 5.73 Å². The summed E-state index contributed by atoms with van der Waals surface area (Å²) in [5.74, 6) is 0.262. The number of nitrogens with zero attached hydrogens (tertiary/aromatic N) is 1. The second-order valence-corrected chi connectivity index (χ2v) is 5.30. The van der Waals surface area contributed by atoms with Crippen molar-refractivity contribution in [2.75, 3.05) is 13.1 Å². The molecule has 0 fully saturated rings. The van der Waals surface area contributed by atoms with Crippen molar-refractivity contribution in [3.8, 4) is 0 Å². The number of hydrogen-bond donors (Lipinski definition) is 1. The lowest BCUT2D eigenvalue weighted by atomic mass is 9.80. The van der Waals surface area contributed by atoms with Gasteiger partial charge in [-0.15, -0.1) is 0 Å². The van der Waals surface area contributed by atoms with Crippen molar-refractivity contribution >= 4 is 5.91 Å². The highest BCUT2D eigenvalue weighted by Crippen LogP contribution is 2.29. The van der Waals surface area contributed by atoms with Crippen LogP contribution in [0.2, 0.25) is 0 Å². The maximum atomic E-state index is 12.8. The van der Waals surface area contributed by atoms with E-state index in [0.29, 0.717) is 12.6 Å². The summed E-state index contributed by atoms with van der Waals surface area (Å²) < 4.78 is 0. The van der Waals surface area contributed by atoms with E-state index in [9.17, 15) is 4.79 Å². The van der Waals surface area contributed by atoms with Crippen molar-refractivity contribution in [1.82, 2.24) is 4.90 Å². The quantitative estimate of drug-likeness (QED) is 0.688. The molecule has 0 aromatic heterocycles. The van der Waals surface area contributed by atoms with Gasteiger partial charge in [-0.25, -0.2) is 0 Å². The molecule has 0 aliphatic heterocycles. The molecule has 1 unspecified atom stereocenters. The topological polar surface area (TPSA) is 46.3 Å². The van der Waals surface area contributed by atoms with Crippen molar-refractivity contribution in [2.24, 2.45) is 11.1 Å². The molecule has 0 radical (unpaired) electrons. The van der Waals surface area contributed by atoms with Crippen molar-refractivity contribution < 1.29 is 4.79 Å². The smallest absolute Gasteiger partial charge is 0.230 e. The van der Waals surface area contributed by atoms with Gasteiger partial charge in [0.25, 0.3) is 0 Å². The summed E-state index contributed by atoms with van der Waals surface area (Å²) >= 11 is 0. The molecule has 108 valence electrons. The molecule has 2 N–H and O–H groups in total. The predicted octanol–water partition coefficient (Wildman–Crippen LogP) is 3.18. The summed E-state index contributed by atoms with van der Waals surface area (Å²) in [6.45, 7) is 11.9. The maximum absolute atomic E-state index is 12.8. The van der Waals surface area contributed by atoms with E-state index >= 15 is 0 Å². The van der Waals surface area contributed by atoms with E-state index in [2.05, 4.69) is 39.5 Å². The highest BCUT2D eigenvalue weighted by Gasteiger charge is 2.37. The fourth-order valence-electron chi connectivity index (χ4n) is 2.30. The summed E-state index contributed by atoms with van der Waals surface area (Å²) in [6.07, 6.45) is 4.86. The number of carbonyl (C=O) groups excluding carboxylic acids is 1. The summed E-state index contributed by atoms with van der Waals surface area (Å²) in [5, 5.41) is 0. The van der Waals surface area contributed by atoms with Gasteiger partial charge in [-0.05, 0) is 32.6 Å². The molecule has 0 bridgehead atoms. The molecule has 0 aromatic carbocycles. The Labute approximate surface area is 113 Å². The molecule has 0 heterocycles. The van der Waals surface area contributed by atoms with Crippen LogP contribution in [-0.2, 0) is 4.79 Å². The van der Waals surface area contributed by atoms with E-state index in [0.717, 1.165) is 38.6 Å². The lowest BCUT2D eigenvalue weighted by molar-refractivity contribution is -0.144. The third-order valence-corrected chi connectivity index (χ3v) is 4.33. The first-order valence-corrected chi connectivity index (χ1v) is 7.54. The van der Waals surface area contributed by atoms with Crippen LogP contribution in [0.4, 0.5) is 0 Å². The van der Waals surface area contributed by atoms with Crippen LogP contribution in [0.25, 0.3) is 0 Å². The normalized spacial score (nSPS) is 13.4. The molecular weight excluding hydrogens is 224 g/mol. The molecule has 0 saturated heterocycles. The Kier molecular flexibility index (Phi) is 8.25. The van der Waals surface area contributed by atoms with E-state index < -0.39 is 0 Å². The predicted molar refractivity (Wildman–Crippen MR) is 78.4 cm³/mol. The minimum absolute atomic E-state index is 0.262. The minimum Gasteiger partial charge on any atom is -0.339 e. The van der Waals surface area contributed by atoms with Crippen LogP contribution in [-0.4, -0.2) is 29.9 Å². The lowest BCUT2D eigenvalue weighted by Gasteiger charge is -2.38. The van der Waals surface area contributed by atoms with Gasteiger partial charge in [-0.2, -0.15) is 0 Å². The average Bonchev–Trinajstić information content (AvgIpc) is 2.41. The zero-order valence-corrected chi connectivity index (χ0v) is 13.0. The number of nitrogens with two attached hydrogens (primary N) is 1. The summed E-state index contributed by atoms with van der Waals surface area (Å²) in [4.78, 5) is 14.9. The van der Waals surface area contributed by atoms with E-state index in [1.165, 1.54) is 0 Å². The monoisotopic (exact) mass is 256 g/mol. The van der Waals surface area contributed by atoms with Crippen LogP contribution in [0.5, 0.6) is 0 Å². The Balaban J connectivity index is 5.02. The standard InChI is InChI=1S/C15H32N2O/c1-6-10-11-17(13(5)7-2)14(18)15(8-3,9-4)12-16/h13H,6-12,16H2,1-5H3. The minimum atomic E-state index is -0.350. The molecular formula is C15H32N2O. The van der Waals surface area contributed by atoms with Crippen LogP contribution in [0.1, 0.15) is 66.7 Å². The molecule has 0 aliphatic rings. The zero-order chi connectivity index (χ0) is 14.2. The Morgan fingerprint density at radius 2 is 1.78 bits per heavy atom. The van der Waals surface area contributed by atoms with Crippen molar-refractivity contribution in [1.29, 1.82) is 0 Å². The second kappa shape index (κ2) is 8.52. The molecule has 0 spiro atoms. The first-order valence-electron chi connectivity index (χ1n) is 7.54. The number of amides is 1. The van der Waals surface area contributed by atoms with E-state index in [1.54, 1.807) is 0 Å². The van der Waals surface area contributed by atoms with Gasteiger partial charge >= 0.3 is 0 Å². The highest BCUT2D eigenvalue weighted by molar-refractivity contribution is 5.83. The third kappa shape index (κ3) is 3.98. The first-order chi connectivity index (χ1) is 8.52. The van der Waals surface area contributed by atoms with Crippen molar-refractivity contribution in [2.45, 2.75) is 72.8 Å². The molecule has 1 atom stereocenters. The van der Waals surface area contributed by atoms with E-state index in [-0.39, 0.29) is 11.3 Å². The average molecular weight is 256 g/mol. The van der Waals surface area contributed by atoms with Gasteiger partial charge < -0.3 is 10.6 Å². The Morgan fingerprint density at radius 3 is 2.11 bits per heavy atom. The van der Waals surface area contributed by atoms with Crippen LogP contribution in [0.15, 0.2) is 0 Å². The number of hydrogen-bond acceptors (Lipinski definition) is 2. The summed E-state index contributed by atoms with van der Waals surface area (Å²) in [7, 11) is 0. The second-order valence-electron chi connectivity index (χ2n) is 5.30. The van der Waals surface area contributed by atoms with Crippen molar-refractivity contribution in [3.05, 3.63) is 0 Å². The Hall–Kier alpha value is -0.570. The fourth-order valence-corrected chi connectivity index (χ4v) is 2.30. The fraction of sp³-hybridized carbons (Fsp3) is 0.933. The van der Waals surface area contributed by atoms with Crippen LogP contribution >= 0.6 is 0 Å². The molecule has 0 rings (SSSR count). The van der Waals surface area contributed by atoms with E-state index in [1.807, 2.05) is 0 Å². The SMILES string of the molecule is CCCCN(C(=O)C(CC)(CC)CN)C(C)CC. The number of rotatable bonds is 9. The number of carbonyl (C=O) groups is 1. The first kappa shape index (κ1) is 17.4. The molecule has 3 nitrogen and oxygen atoms in total. The lowest BCUT2D eigenvalue weighted by Crippen LogP contribution is -2.50. The van der Waals surface area contributed by atoms with Gasteiger partial charge in [-0.1, -0.05) is 34.1 Å². The molecule has 0 aliphatic carbocycles. The highest BCUT2D eigenvalue weighted by atomic mass is 16.2. The van der Waals surface area contributed by atoms with Crippen molar-refractivity contribution in [3.63, 3.8) is 0 Å². The molecule has 18 heavy (non-hydrogen) atoms. The van der Waals surface area contributed by atoms with Gasteiger partial charge in [0.1, 0.15) is 0 Å². The van der Waals surface area contributed by atoms with Crippen LogP contribution in [0, 0.1) is 5.41 Å². The van der Waals surface area contributed by atoms with Gasteiger partial charge in [0.2, 0.25) is 5.91 Å². The Bertz CT molecular complexity index is 228. The largest absolute Gasteiger partial charge is 0.339 e. The molecule has 1 amide bonds. The Morgan fingerprint density at radius 1 is 1.22 bits per heavy atom. The van der Waals surface area contributed by atoms with Crippen LogP contribution in [0.3, 0.4) is 0 Å². The maximum Gasteiger partial charge on any atom is 0.230 e. The molecule has 3 heteroatoms. The molecule has 0 aromatic rings. The van der Waals surface area contributed by atoms with Gasteiger partial charge in [0.15, 0.2) is 0 Å². The van der Waals surface area contributed by atoms with E-state index in [4.69, 9.17) is 5.73 Å². The zero-order valence-electron chi connectivity index (χ0n) is 13.0. The van der Waals surface area contributed by atoms with Gasteiger partial charge in [0, 0.05) is 19.1 Å². The number of unbranched alkanes of at least 4 members (excludes halogenated alkanes) is 1. The summed E-state index contributed by atoms with van der Waals surface area (Å²) in [6, 6.07) is 0.313. The molecule has 0 saturated carbocycles. The third-order valence-electron chi connectivity index (χ3n) is 4.33. The summed E-state index contributed by atoms with van der Waals surface area (Å²) in [5.41, 5.74) is 5.54. The van der Waals surface area contributed by atoms with Gasteiger partial charge in [-0.3, -0.25) is 4.79 Å².